The minimum Gasteiger partial charge on any atom is -0.368 e. The average Bonchev–Trinajstić information content (AvgIpc) is 2.87. The topological polar surface area (TPSA) is 58.6 Å². The quantitative estimate of drug-likeness (QED) is 0.848. The van der Waals surface area contributed by atoms with Crippen molar-refractivity contribution >= 4 is 11.7 Å². The van der Waals surface area contributed by atoms with Crippen molar-refractivity contribution in [3.05, 3.63) is 18.3 Å². The molecule has 6 heteroatoms. The molecule has 1 aromatic rings. The Labute approximate surface area is 137 Å². The van der Waals surface area contributed by atoms with Crippen LogP contribution in [0.5, 0.6) is 0 Å². The summed E-state index contributed by atoms with van der Waals surface area (Å²) in [4.78, 5) is 16.5. The second-order valence-electron chi connectivity index (χ2n) is 6.37. The van der Waals surface area contributed by atoms with Gasteiger partial charge in [0.2, 0.25) is 5.91 Å². The van der Waals surface area contributed by atoms with Crippen LogP contribution in [0.2, 0.25) is 0 Å². The normalized spacial score (nSPS) is 20.3. The summed E-state index contributed by atoms with van der Waals surface area (Å²) in [5, 5.41) is 8.09. The van der Waals surface area contributed by atoms with Crippen molar-refractivity contribution in [1.29, 1.82) is 0 Å². The molecular formula is C17H26N4O2. The molecule has 126 valence electrons. The van der Waals surface area contributed by atoms with Crippen LogP contribution in [-0.4, -0.2) is 59.9 Å². The van der Waals surface area contributed by atoms with Gasteiger partial charge < -0.3 is 14.5 Å². The molecule has 1 saturated carbocycles. The number of aromatic nitrogens is 2. The summed E-state index contributed by atoms with van der Waals surface area (Å²) in [7, 11) is 0. The van der Waals surface area contributed by atoms with Gasteiger partial charge in [0.05, 0.1) is 6.10 Å². The zero-order valence-corrected chi connectivity index (χ0v) is 13.7. The Kier molecular flexibility index (Phi) is 5.80. The molecule has 1 amide bonds. The summed E-state index contributed by atoms with van der Waals surface area (Å²) in [5.41, 5.74) is 0. The van der Waals surface area contributed by atoms with Gasteiger partial charge in [0.1, 0.15) is 6.61 Å². The van der Waals surface area contributed by atoms with Crippen molar-refractivity contribution < 1.29 is 9.53 Å². The monoisotopic (exact) mass is 318 g/mol. The van der Waals surface area contributed by atoms with Crippen LogP contribution >= 0.6 is 0 Å². The number of carbonyl (C=O) groups is 1. The highest BCUT2D eigenvalue weighted by molar-refractivity contribution is 5.77. The van der Waals surface area contributed by atoms with Crippen molar-refractivity contribution in [3.8, 4) is 0 Å². The maximum atomic E-state index is 12.4. The van der Waals surface area contributed by atoms with Gasteiger partial charge in [-0.1, -0.05) is 19.3 Å². The van der Waals surface area contributed by atoms with E-state index in [9.17, 15) is 4.79 Å². The standard InChI is InChI=1S/C17H26N4O2/c22-17(14-23-15-6-2-1-3-7-15)21-11-5-10-20(12-13-21)16-8-4-9-18-19-16/h4,8-9,15H,1-3,5-7,10-14H2. The van der Waals surface area contributed by atoms with Crippen LogP contribution in [0.25, 0.3) is 0 Å². The molecule has 0 N–H and O–H groups in total. The number of anilines is 1. The molecule has 0 bridgehead atoms. The number of nitrogens with zero attached hydrogens (tertiary/aromatic N) is 4. The van der Waals surface area contributed by atoms with Crippen molar-refractivity contribution in [3.63, 3.8) is 0 Å². The Bertz CT molecular complexity index is 491. The van der Waals surface area contributed by atoms with Gasteiger partial charge in [-0.2, -0.15) is 5.10 Å². The molecule has 23 heavy (non-hydrogen) atoms. The van der Waals surface area contributed by atoms with E-state index < -0.39 is 0 Å². The van der Waals surface area contributed by atoms with Gasteiger partial charge in [-0.15, -0.1) is 5.10 Å². The molecule has 1 saturated heterocycles. The number of carbonyl (C=O) groups excluding carboxylic acids is 1. The van der Waals surface area contributed by atoms with Gasteiger partial charge in [-0.05, 0) is 31.4 Å². The molecule has 2 fully saturated rings. The number of ether oxygens (including phenoxy) is 1. The van der Waals surface area contributed by atoms with Crippen molar-refractivity contribution in [2.24, 2.45) is 0 Å². The molecule has 1 aliphatic heterocycles. The first-order valence-electron chi connectivity index (χ1n) is 8.75. The van der Waals surface area contributed by atoms with Gasteiger partial charge >= 0.3 is 0 Å². The molecule has 0 aromatic carbocycles. The van der Waals surface area contributed by atoms with Crippen LogP contribution in [-0.2, 0) is 9.53 Å². The smallest absolute Gasteiger partial charge is 0.248 e. The van der Waals surface area contributed by atoms with Crippen LogP contribution in [0, 0.1) is 0 Å². The largest absolute Gasteiger partial charge is 0.368 e. The molecule has 0 atom stereocenters. The van der Waals surface area contributed by atoms with E-state index in [1.54, 1.807) is 6.20 Å². The lowest BCUT2D eigenvalue weighted by Gasteiger charge is -2.25. The van der Waals surface area contributed by atoms with E-state index in [1.807, 2.05) is 17.0 Å². The number of amides is 1. The second kappa shape index (κ2) is 8.24. The van der Waals surface area contributed by atoms with Crippen LogP contribution < -0.4 is 4.90 Å². The summed E-state index contributed by atoms with van der Waals surface area (Å²) in [6.45, 7) is 3.46. The third-order valence-corrected chi connectivity index (χ3v) is 4.73. The molecule has 6 nitrogen and oxygen atoms in total. The predicted molar refractivity (Wildman–Crippen MR) is 88.3 cm³/mol. The number of rotatable bonds is 4. The first-order valence-corrected chi connectivity index (χ1v) is 8.75. The molecule has 1 aliphatic carbocycles. The number of hydrogen-bond donors (Lipinski definition) is 0. The molecular weight excluding hydrogens is 292 g/mol. The maximum Gasteiger partial charge on any atom is 0.248 e. The Morgan fingerprint density at radius 3 is 2.78 bits per heavy atom. The van der Waals surface area contributed by atoms with Crippen LogP contribution in [0.3, 0.4) is 0 Å². The fourth-order valence-corrected chi connectivity index (χ4v) is 3.37. The number of hydrogen-bond acceptors (Lipinski definition) is 5. The Hall–Kier alpha value is -1.69. The first-order chi connectivity index (χ1) is 11.3. The SMILES string of the molecule is O=C(COC1CCCCC1)N1CCCN(c2cccnn2)CC1. The van der Waals surface area contributed by atoms with E-state index in [1.165, 1.54) is 19.3 Å². The third-order valence-electron chi connectivity index (χ3n) is 4.73. The predicted octanol–water partition coefficient (Wildman–Crippen LogP) is 1.86. The van der Waals surface area contributed by atoms with Gasteiger partial charge in [-0.25, -0.2) is 0 Å². The molecule has 2 heterocycles. The van der Waals surface area contributed by atoms with Gasteiger partial charge in [-0.3, -0.25) is 4.79 Å². The molecule has 0 radical (unpaired) electrons. The fraction of sp³-hybridized carbons (Fsp3) is 0.706. The van der Waals surface area contributed by atoms with E-state index >= 15 is 0 Å². The summed E-state index contributed by atoms with van der Waals surface area (Å²) in [5.74, 6) is 1.01. The molecule has 0 spiro atoms. The van der Waals surface area contributed by atoms with Crippen molar-refractivity contribution in [1.82, 2.24) is 15.1 Å². The van der Waals surface area contributed by atoms with E-state index in [-0.39, 0.29) is 18.6 Å². The summed E-state index contributed by atoms with van der Waals surface area (Å²) in [6.07, 6.45) is 8.90. The van der Waals surface area contributed by atoms with Crippen molar-refractivity contribution in [2.75, 3.05) is 37.7 Å². The van der Waals surface area contributed by atoms with Crippen LogP contribution in [0.1, 0.15) is 38.5 Å². The van der Waals surface area contributed by atoms with Gasteiger partial charge in [0.25, 0.3) is 0 Å². The zero-order valence-electron chi connectivity index (χ0n) is 13.7. The van der Waals surface area contributed by atoms with Crippen LogP contribution in [0.4, 0.5) is 5.82 Å². The highest BCUT2D eigenvalue weighted by Gasteiger charge is 2.21. The van der Waals surface area contributed by atoms with E-state index in [2.05, 4.69) is 15.1 Å². The fourth-order valence-electron chi connectivity index (χ4n) is 3.37. The molecule has 3 rings (SSSR count). The average molecular weight is 318 g/mol. The van der Waals surface area contributed by atoms with E-state index in [0.717, 1.165) is 51.3 Å². The van der Waals surface area contributed by atoms with E-state index in [0.29, 0.717) is 0 Å². The Morgan fingerprint density at radius 2 is 2.00 bits per heavy atom. The van der Waals surface area contributed by atoms with Crippen molar-refractivity contribution in [2.45, 2.75) is 44.6 Å². The summed E-state index contributed by atoms with van der Waals surface area (Å²) >= 11 is 0. The molecule has 2 aliphatic rings. The highest BCUT2D eigenvalue weighted by Crippen LogP contribution is 2.20. The minimum atomic E-state index is 0.122. The Morgan fingerprint density at radius 1 is 1.13 bits per heavy atom. The summed E-state index contributed by atoms with van der Waals surface area (Å²) in [6, 6.07) is 3.87. The third kappa shape index (κ3) is 4.64. The van der Waals surface area contributed by atoms with E-state index in [4.69, 9.17) is 4.74 Å². The Balaban J connectivity index is 1.46. The maximum absolute atomic E-state index is 12.4. The molecule has 0 unspecified atom stereocenters. The minimum absolute atomic E-state index is 0.122. The highest BCUT2D eigenvalue weighted by atomic mass is 16.5. The van der Waals surface area contributed by atoms with Gasteiger partial charge in [0.15, 0.2) is 5.82 Å². The zero-order chi connectivity index (χ0) is 15.9. The first kappa shape index (κ1) is 16.2. The lowest BCUT2D eigenvalue weighted by molar-refractivity contribution is -0.138. The van der Waals surface area contributed by atoms with Gasteiger partial charge in [0, 0.05) is 32.4 Å². The lowest BCUT2D eigenvalue weighted by atomic mass is 9.98. The second-order valence-corrected chi connectivity index (χ2v) is 6.37. The van der Waals surface area contributed by atoms with Crippen LogP contribution in [0.15, 0.2) is 18.3 Å². The molecule has 1 aromatic heterocycles. The lowest BCUT2D eigenvalue weighted by Crippen LogP contribution is -2.38. The summed E-state index contributed by atoms with van der Waals surface area (Å²) < 4.78 is 5.82.